The van der Waals surface area contributed by atoms with E-state index in [4.69, 9.17) is 14.6 Å². The Labute approximate surface area is 107 Å². The Balaban J connectivity index is 2.28. The monoisotopic (exact) mass is 259 g/mol. The first kappa shape index (κ1) is 14.8. The Bertz CT molecular complexity index is 317. The summed E-state index contributed by atoms with van der Waals surface area (Å²) in [5.41, 5.74) is -0.506. The van der Waals surface area contributed by atoms with Crippen molar-refractivity contribution in [1.82, 2.24) is 4.90 Å². The van der Waals surface area contributed by atoms with Gasteiger partial charge in [0.2, 0.25) is 0 Å². The third-order valence-electron chi connectivity index (χ3n) is 2.74. The van der Waals surface area contributed by atoms with Crippen molar-refractivity contribution >= 4 is 12.1 Å². The molecule has 1 N–H and O–H groups in total. The number of carboxylic acids is 1. The number of carbonyl (C=O) groups excluding carboxylic acids is 1. The van der Waals surface area contributed by atoms with Crippen LogP contribution in [0.4, 0.5) is 4.79 Å². The molecule has 0 saturated heterocycles. The van der Waals surface area contributed by atoms with Crippen molar-refractivity contribution in [2.75, 3.05) is 13.7 Å². The lowest BCUT2D eigenvalue weighted by molar-refractivity contribution is -0.147. The van der Waals surface area contributed by atoms with Crippen LogP contribution in [0.3, 0.4) is 0 Å². The lowest BCUT2D eigenvalue weighted by Gasteiger charge is -2.40. The molecule has 0 bridgehead atoms. The Morgan fingerprint density at radius 3 is 2.33 bits per heavy atom. The van der Waals surface area contributed by atoms with E-state index in [1.165, 1.54) is 0 Å². The molecule has 1 rings (SSSR count). The molecular formula is C12H21NO5. The maximum Gasteiger partial charge on any atom is 0.410 e. The summed E-state index contributed by atoms with van der Waals surface area (Å²) < 4.78 is 10.4. The SMILES string of the molecule is CN(C(=O)OC(C)(C)C)C1CC(OCC(=O)O)C1. The Morgan fingerprint density at radius 1 is 1.33 bits per heavy atom. The van der Waals surface area contributed by atoms with Crippen molar-refractivity contribution < 1.29 is 24.2 Å². The highest BCUT2D eigenvalue weighted by atomic mass is 16.6. The normalized spacial score (nSPS) is 23.1. The number of nitrogens with zero attached hydrogens (tertiary/aromatic N) is 1. The molecule has 6 nitrogen and oxygen atoms in total. The van der Waals surface area contributed by atoms with Crippen LogP contribution in [0, 0.1) is 0 Å². The van der Waals surface area contributed by atoms with Crippen molar-refractivity contribution in [3.63, 3.8) is 0 Å². The van der Waals surface area contributed by atoms with Crippen molar-refractivity contribution in [2.24, 2.45) is 0 Å². The minimum absolute atomic E-state index is 0.0682. The molecule has 0 unspecified atom stereocenters. The fourth-order valence-corrected chi connectivity index (χ4v) is 1.66. The zero-order valence-electron chi connectivity index (χ0n) is 11.3. The lowest BCUT2D eigenvalue weighted by Crippen LogP contribution is -2.50. The van der Waals surface area contributed by atoms with Gasteiger partial charge >= 0.3 is 12.1 Å². The van der Waals surface area contributed by atoms with Gasteiger partial charge in [-0.05, 0) is 33.6 Å². The van der Waals surface area contributed by atoms with E-state index in [9.17, 15) is 9.59 Å². The van der Waals surface area contributed by atoms with Crippen LogP contribution in [-0.2, 0) is 14.3 Å². The van der Waals surface area contributed by atoms with Gasteiger partial charge in [0.15, 0.2) is 0 Å². The average molecular weight is 259 g/mol. The minimum atomic E-state index is -0.973. The number of carbonyl (C=O) groups is 2. The van der Waals surface area contributed by atoms with E-state index in [2.05, 4.69) is 0 Å². The third-order valence-corrected chi connectivity index (χ3v) is 2.74. The molecular weight excluding hydrogens is 238 g/mol. The second kappa shape index (κ2) is 5.56. The summed E-state index contributed by atoms with van der Waals surface area (Å²) in [6, 6.07) is 0.0682. The van der Waals surface area contributed by atoms with Crippen LogP contribution in [0.25, 0.3) is 0 Å². The highest BCUT2D eigenvalue weighted by Gasteiger charge is 2.36. The predicted molar refractivity (Wildman–Crippen MR) is 64.4 cm³/mol. The highest BCUT2D eigenvalue weighted by molar-refractivity contribution is 5.68. The van der Waals surface area contributed by atoms with Gasteiger partial charge in [-0.15, -0.1) is 0 Å². The molecule has 0 radical (unpaired) electrons. The van der Waals surface area contributed by atoms with Gasteiger partial charge in [0.25, 0.3) is 0 Å². The van der Waals surface area contributed by atoms with Gasteiger partial charge in [-0.25, -0.2) is 9.59 Å². The Kier molecular flexibility index (Phi) is 4.56. The quantitative estimate of drug-likeness (QED) is 0.827. The summed E-state index contributed by atoms with van der Waals surface area (Å²) in [5, 5.41) is 8.46. The van der Waals surface area contributed by atoms with Crippen LogP contribution < -0.4 is 0 Å². The van der Waals surface area contributed by atoms with E-state index in [1.54, 1.807) is 11.9 Å². The van der Waals surface area contributed by atoms with E-state index in [0.717, 1.165) is 0 Å². The molecule has 0 aliphatic heterocycles. The van der Waals surface area contributed by atoms with Gasteiger partial charge in [0, 0.05) is 13.1 Å². The molecule has 1 fully saturated rings. The second-order valence-corrected chi connectivity index (χ2v) is 5.54. The van der Waals surface area contributed by atoms with E-state index < -0.39 is 11.6 Å². The van der Waals surface area contributed by atoms with Gasteiger partial charge in [-0.3, -0.25) is 0 Å². The van der Waals surface area contributed by atoms with E-state index in [-0.39, 0.29) is 24.8 Å². The summed E-state index contributed by atoms with van der Waals surface area (Å²) in [6.45, 7) is 5.17. The number of hydrogen-bond acceptors (Lipinski definition) is 4. The molecule has 1 aliphatic carbocycles. The maximum atomic E-state index is 11.7. The maximum absolute atomic E-state index is 11.7. The first-order valence-corrected chi connectivity index (χ1v) is 5.98. The van der Waals surface area contributed by atoms with Crippen molar-refractivity contribution in [1.29, 1.82) is 0 Å². The predicted octanol–water partition coefficient (Wildman–Crippen LogP) is 1.49. The molecule has 104 valence electrons. The number of rotatable bonds is 4. The van der Waals surface area contributed by atoms with Crippen molar-refractivity contribution in [3.8, 4) is 0 Å². The Hall–Kier alpha value is -1.30. The summed E-state index contributed by atoms with van der Waals surface area (Å²) in [7, 11) is 1.69. The number of carboxylic acid groups (broad SMARTS) is 1. The molecule has 18 heavy (non-hydrogen) atoms. The van der Waals surface area contributed by atoms with Crippen LogP contribution in [-0.4, -0.2) is 53.5 Å². The van der Waals surface area contributed by atoms with Crippen LogP contribution in [0.2, 0.25) is 0 Å². The molecule has 1 amide bonds. The second-order valence-electron chi connectivity index (χ2n) is 5.54. The highest BCUT2D eigenvalue weighted by Crippen LogP contribution is 2.28. The summed E-state index contributed by atoms with van der Waals surface area (Å²) in [6.07, 6.45) is 0.881. The van der Waals surface area contributed by atoms with Crippen molar-refractivity contribution in [2.45, 2.75) is 51.4 Å². The summed E-state index contributed by atoms with van der Waals surface area (Å²) >= 11 is 0. The van der Waals surface area contributed by atoms with E-state index in [0.29, 0.717) is 12.8 Å². The summed E-state index contributed by atoms with van der Waals surface area (Å²) in [5.74, 6) is -0.973. The van der Waals surface area contributed by atoms with Crippen LogP contribution in [0.5, 0.6) is 0 Å². The number of amides is 1. The van der Waals surface area contributed by atoms with Crippen LogP contribution >= 0.6 is 0 Å². The van der Waals surface area contributed by atoms with Gasteiger partial charge in [0.05, 0.1) is 6.10 Å². The molecule has 0 aromatic heterocycles. The molecule has 0 heterocycles. The lowest BCUT2D eigenvalue weighted by atomic mass is 9.88. The number of hydrogen-bond donors (Lipinski definition) is 1. The fraction of sp³-hybridized carbons (Fsp3) is 0.833. The average Bonchev–Trinajstić information content (AvgIpc) is 2.11. The zero-order valence-corrected chi connectivity index (χ0v) is 11.3. The minimum Gasteiger partial charge on any atom is -0.480 e. The first-order valence-electron chi connectivity index (χ1n) is 5.98. The summed E-state index contributed by atoms with van der Waals surface area (Å²) in [4.78, 5) is 23.6. The molecule has 0 spiro atoms. The van der Waals surface area contributed by atoms with Gasteiger partial charge in [0.1, 0.15) is 12.2 Å². The standard InChI is InChI=1S/C12H21NO5/c1-12(2,3)18-11(16)13(4)8-5-9(6-8)17-7-10(14)15/h8-9H,5-7H2,1-4H3,(H,14,15). The largest absolute Gasteiger partial charge is 0.480 e. The van der Waals surface area contributed by atoms with Crippen LogP contribution in [0.1, 0.15) is 33.6 Å². The number of aliphatic carboxylic acids is 1. The molecule has 0 aromatic carbocycles. The molecule has 0 aromatic rings. The van der Waals surface area contributed by atoms with E-state index >= 15 is 0 Å². The topological polar surface area (TPSA) is 76.1 Å². The third kappa shape index (κ3) is 4.52. The van der Waals surface area contributed by atoms with E-state index in [1.807, 2.05) is 20.8 Å². The first-order chi connectivity index (χ1) is 8.19. The molecule has 0 atom stereocenters. The van der Waals surface area contributed by atoms with Crippen molar-refractivity contribution in [3.05, 3.63) is 0 Å². The molecule has 1 aliphatic rings. The Morgan fingerprint density at radius 2 is 1.89 bits per heavy atom. The van der Waals surface area contributed by atoms with Gasteiger partial charge < -0.3 is 19.5 Å². The fourth-order valence-electron chi connectivity index (χ4n) is 1.66. The molecule has 1 saturated carbocycles. The zero-order chi connectivity index (χ0) is 13.9. The molecule has 6 heteroatoms. The number of ether oxygens (including phenoxy) is 2. The van der Waals surface area contributed by atoms with Gasteiger partial charge in [-0.1, -0.05) is 0 Å². The van der Waals surface area contributed by atoms with Crippen LogP contribution in [0.15, 0.2) is 0 Å². The van der Waals surface area contributed by atoms with Gasteiger partial charge in [-0.2, -0.15) is 0 Å². The smallest absolute Gasteiger partial charge is 0.410 e.